The maximum Gasteiger partial charge on any atom is 0.318 e. The molecule has 4 nitrogen and oxygen atoms in total. The summed E-state index contributed by atoms with van der Waals surface area (Å²) >= 11 is 0. The SMILES string of the molecule is CCC/C=C/OC(=O)C1C=CCCC1C(=O)O/C=C/CCC. The molecule has 0 saturated heterocycles. The van der Waals surface area contributed by atoms with Gasteiger partial charge < -0.3 is 9.47 Å². The van der Waals surface area contributed by atoms with E-state index in [0.717, 1.165) is 32.1 Å². The number of allylic oxidation sites excluding steroid dienone is 3. The zero-order valence-electron chi connectivity index (χ0n) is 13.5. The van der Waals surface area contributed by atoms with Crippen molar-refractivity contribution >= 4 is 11.9 Å². The van der Waals surface area contributed by atoms with E-state index in [0.29, 0.717) is 6.42 Å². The van der Waals surface area contributed by atoms with Gasteiger partial charge in [-0.1, -0.05) is 38.8 Å². The number of hydrogen-bond donors (Lipinski definition) is 0. The minimum absolute atomic E-state index is 0.365. The van der Waals surface area contributed by atoms with Crippen molar-refractivity contribution in [2.75, 3.05) is 0 Å². The molecule has 1 rings (SSSR count). The van der Waals surface area contributed by atoms with E-state index < -0.39 is 17.8 Å². The summed E-state index contributed by atoms with van der Waals surface area (Å²) in [6.45, 7) is 4.10. The van der Waals surface area contributed by atoms with Crippen LogP contribution in [0.3, 0.4) is 0 Å². The van der Waals surface area contributed by atoms with Gasteiger partial charge in [-0.2, -0.15) is 0 Å². The van der Waals surface area contributed by atoms with E-state index in [2.05, 4.69) is 6.92 Å². The summed E-state index contributed by atoms with van der Waals surface area (Å²) in [7, 11) is 0. The van der Waals surface area contributed by atoms with Crippen molar-refractivity contribution in [1.82, 2.24) is 0 Å². The Labute approximate surface area is 132 Å². The summed E-state index contributed by atoms with van der Waals surface area (Å²) in [6.07, 6.45) is 15.2. The van der Waals surface area contributed by atoms with Crippen LogP contribution < -0.4 is 0 Å². The number of esters is 2. The Kier molecular flexibility index (Phi) is 8.96. The summed E-state index contributed by atoms with van der Waals surface area (Å²) in [4.78, 5) is 24.2. The van der Waals surface area contributed by atoms with Gasteiger partial charge in [-0.3, -0.25) is 9.59 Å². The first-order valence-electron chi connectivity index (χ1n) is 8.08. The van der Waals surface area contributed by atoms with Crippen molar-refractivity contribution in [3.05, 3.63) is 36.8 Å². The summed E-state index contributed by atoms with van der Waals surface area (Å²) in [6, 6.07) is 0. The van der Waals surface area contributed by atoms with Crippen molar-refractivity contribution in [1.29, 1.82) is 0 Å². The highest BCUT2D eigenvalue weighted by atomic mass is 16.5. The van der Waals surface area contributed by atoms with Crippen LogP contribution in [0, 0.1) is 11.8 Å². The average Bonchev–Trinajstić information content (AvgIpc) is 2.55. The van der Waals surface area contributed by atoms with E-state index in [1.807, 2.05) is 25.2 Å². The molecule has 0 N–H and O–H groups in total. The second-order valence-corrected chi connectivity index (χ2v) is 5.33. The second kappa shape index (κ2) is 10.8. The van der Waals surface area contributed by atoms with Crippen LogP contribution in [0.5, 0.6) is 0 Å². The number of carbonyl (C=O) groups excluding carboxylic acids is 2. The van der Waals surface area contributed by atoms with Crippen LogP contribution in [0.2, 0.25) is 0 Å². The van der Waals surface area contributed by atoms with Gasteiger partial charge in [0, 0.05) is 0 Å². The number of hydrogen-bond acceptors (Lipinski definition) is 4. The third kappa shape index (κ3) is 6.29. The van der Waals surface area contributed by atoms with Gasteiger partial charge in [0.2, 0.25) is 0 Å². The van der Waals surface area contributed by atoms with Gasteiger partial charge in [0.15, 0.2) is 0 Å². The molecule has 1 aliphatic rings. The first kappa shape index (κ1) is 18.2. The molecule has 0 spiro atoms. The van der Waals surface area contributed by atoms with Gasteiger partial charge in [-0.25, -0.2) is 0 Å². The smallest absolute Gasteiger partial charge is 0.318 e. The number of ether oxygens (including phenoxy) is 2. The van der Waals surface area contributed by atoms with Gasteiger partial charge >= 0.3 is 11.9 Å². The molecule has 22 heavy (non-hydrogen) atoms. The Morgan fingerprint density at radius 2 is 1.64 bits per heavy atom. The van der Waals surface area contributed by atoms with Crippen LogP contribution in [0.15, 0.2) is 36.8 Å². The Balaban J connectivity index is 2.58. The van der Waals surface area contributed by atoms with E-state index in [9.17, 15) is 9.59 Å². The summed E-state index contributed by atoms with van der Waals surface area (Å²) in [5, 5.41) is 0. The Bertz CT molecular complexity index is 434. The lowest BCUT2D eigenvalue weighted by Crippen LogP contribution is -2.31. The first-order chi connectivity index (χ1) is 10.7. The molecule has 0 amide bonds. The maximum atomic E-state index is 12.1. The predicted molar refractivity (Wildman–Crippen MR) is 85.6 cm³/mol. The molecule has 0 saturated carbocycles. The average molecular weight is 306 g/mol. The standard InChI is InChI=1S/C18H26O4/c1-3-5-9-13-21-17(19)15-11-7-8-12-16(15)18(20)22-14-10-6-4-2/h7,9-11,13-16H,3-6,8,12H2,1-2H3/b13-9+,14-10+. The molecule has 0 fully saturated rings. The number of rotatable bonds is 8. The van der Waals surface area contributed by atoms with E-state index in [4.69, 9.17) is 9.47 Å². The van der Waals surface area contributed by atoms with E-state index in [1.54, 1.807) is 6.08 Å². The number of unbranched alkanes of at least 4 members (excludes halogenated alkanes) is 2. The van der Waals surface area contributed by atoms with Gasteiger partial charge in [-0.15, -0.1) is 0 Å². The molecule has 4 heteroatoms. The van der Waals surface area contributed by atoms with E-state index >= 15 is 0 Å². The molecule has 0 heterocycles. The molecule has 122 valence electrons. The van der Waals surface area contributed by atoms with E-state index in [1.165, 1.54) is 12.5 Å². The van der Waals surface area contributed by atoms with Crippen LogP contribution in [0.25, 0.3) is 0 Å². The zero-order valence-corrected chi connectivity index (χ0v) is 13.5. The number of carbonyl (C=O) groups is 2. The van der Waals surface area contributed by atoms with Crippen LogP contribution in [-0.2, 0) is 19.1 Å². The molecule has 0 aromatic rings. The molecule has 0 aliphatic heterocycles. The monoisotopic (exact) mass is 306 g/mol. The Morgan fingerprint density at radius 3 is 2.23 bits per heavy atom. The van der Waals surface area contributed by atoms with Crippen LogP contribution >= 0.6 is 0 Å². The largest absolute Gasteiger partial charge is 0.435 e. The fraction of sp³-hybridized carbons (Fsp3) is 0.556. The topological polar surface area (TPSA) is 52.6 Å². The molecular formula is C18H26O4. The van der Waals surface area contributed by atoms with Crippen molar-refractivity contribution in [3.63, 3.8) is 0 Å². The minimum atomic E-state index is -0.563. The van der Waals surface area contributed by atoms with Crippen LogP contribution in [0.4, 0.5) is 0 Å². The normalized spacial score (nSPS) is 21.4. The van der Waals surface area contributed by atoms with Crippen LogP contribution in [-0.4, -0.2) is 11.9 Å². The molecule has 0 radical (unpaired) electrons. The van der Waals surface area contributed by atoms with Crippen molar-refractivity contribution in [2.45, 2.75) is 52.4 Å². The lowest BCUT2D eigenvalue weighted by Gasteiger charge is -2.23. The first-order valence-corrected chi connectivity index (χ1v) is 8.08. The third-order valence-electron chi connectivity index (χ3n) is 3.47. The molecular weight excluding hydrogens is 280 g/mol. The minimum Gasteiger partial charge on any atom is -0.435 e. The summed E-state index contributed by atoms with van der Waals surface area (Å²) in [5.74, 6) is -1.80. The summed E-state index contributed by atoms with van der Waals surface area (Å²) < 4.78 is 10.2. The molecule has 0 aromatic heterocycles. The van der Waals surface area contributed by atoms with Crippen LogP contribution in [0.1, 0.15) is 52.4 Å². The van der Waals surface area contributed by atoms with Gasteiger partial charge in [0.1, 0.15) is 0 Å². The molecule has 0 aromatic carbocycles. The lowest BCUT2D eigenvalue weighted by molar-refractivity contribution is -0.153. The van der Waals surface area contributed by atoms with Gasteiger partial charge in [0.05, 0.1) is 24.4 Å². The molecule has 2 unspecified atom stereocenters. The highest BCUT2D eigenvalue weighted by molar-refractivity contribution is 5.84. The van der Waals surface area contributed by atoms with Crippen molar-refractivity contribution in [2.24, 2.45) is 11.8 Å². The van der Waals surface area contributed by atoms with E-state index in [-0.39, 0.29) is 5.97 Å². The third-order valence-corrected chi connectivity index (χ3v) is 3.47. The van der Waals surface area contributed by atoms with Crippen molar-refractivity contribution < 1.29 is 19.1 Å². The molecule has 0 bridgehead atoms. The van der Waals surface area contributed by atoms with Crippen molar-refractivity contribution in [3.8, 4) is 0 Å². The second-order valence-electron chi connectivity index (χ2n) is 5.33. The van der Waals surface area contributed by atoms with Gasteiger partial charge in [0.25, 0.3) is 0 Å². The van der Waals surface area contributed by atoms with Gasteiger partial charge in [-0.05, 0) is 37.8 Å². The highest BCUT2D eigenvalue weighted by Gasteiger charge is 2.35. The predicted octanol–water partition coefficient (Wildman–Crippen LogP) is 4.28. The molecule has 2 atom stereocenters. The highest BCUT2D eigenvalue weighted by Crippen LogP contribution is 2.27. The Morgan fingerprint density at radius 1 is 1.05 bits per heavy atom. The quantitative estimate of drug-likeness (QED) is 0.381. The fourth-order valence-electron chi connectivity index (χ4n) is 2.21. The fourth-order valence-corrected chi connectivity index (χ4v) is 2.21. The maximum absolute atomic E-state index is 12.1. The lowest BCUT2D eigenvalue weighted by atomic mass is 9.84. The Hall–Kier alpha value is -1.84. The summed E-state index contributed by atoms with van der Waals surface area (Å²) in [5.41, 5.74) is 0. The molecule has 1 aliphatic carbocycles. The zero-order chi connectivity index (χ0) is 16.2.